The van der Waals surface area contributed by atoms with Gasteiger partial charge in [-0.1, -0.05) is 6.58 Å². The number of nitrogens with zero attached hydrogens (tertiary/aromatic N) is 1. The highest BCUT2D eigenvalue weighted by Crippen LogP contribution is 2.25. The monoisotopic (exact) mass is 188 g/mol. The van der Waals surface area contributed by atoms with E-state index in [1.807, 2.05) is 6.08 Å². The Bertz CT molecular complexity index is 172. The van der Waals surface area contributed by atoms with E-state index in [2.05, 4.69) is 34.6 Å². The van der Waals surface area contributed by atoms with Gasteiger partial charge in [0.1, 0.15) is 5.54 Å². The second-order valence-electron chi connectivity index (χ2n) is 4.59. The summed E-state index contributed by atoms with van der Waals surface area (Å²) in [6, 6.07) is 0. The summed E-state index contributed by atoms with van der Waals surface area (Å²) in [6.07, 6.45) is 1.77. The SMILES string of the molecule is C=CC(C)(CCC(O)O)[N+](C)(C)C. The molecule has 0 radical (unpaired) electrons. The molecule has 0 saturated heterocycles. The molecule has 0 aromatic heterocycles. The van der Waals surface area contributed by atoms with Crippen LogP contribution < -0.4 is 0 Å². The number of hydrogen-bond donors (Lipinski definition) is 2. The zero-order valence-electron chi connectivity index (χ0n) is 9.12. The van der Waals surface area contributed by atoms with Gasteiger partial charge in [0.25, 0.3) is 0 Å². The van der Waals surface area contributed by atoms with Crippen molar-refractivity contribution >= 4 is 0 Å². The molecule has 3 heteroatoms. The van der Waals surface area contributed by atoms with Crippen molar-refractivity contribution in [2.24, 2.45) is 0 Å². The van der Waals surface area contributed by atoms with Crippen LogP contribution in [0.5, 0.6) is 0 Å². The van der Waals surface area contributed by atoms with Crippen LogP contribution >= 0.6 is 0 Å². The Morgan fingerprint density at radius 2 is 1.85 bits per heavy atom. The number of aliphatic hydroxyl groups excluding tert-OH is 1. The summed E-state index contributed by atoms with van der Waals surface area (Å²) in [5, 5.41) is 17.6. The molecule has 0 aliphatic heterocycles. The van der Waals surface area contributed by atoms with Gasteiger partial charge in [0, 0.05) is 12.8 Å². The summed E-state index contributed by atoms with van der Waals surface area (Å²) in [7, 11) is 6.22. The third kappa shape index (κ3) is 3.46. The van der Waals surface area contributed by atoms with Crippen molar-refractivity contribution in [3.8, 4) is 0 Å². The molecule has 0 saturated carbocycles. The summed E-state index contributed by atoms with van der Waals surface area (Å²) in [5.74, 6) is 0. The van der Waals surface area contributed by atoms with E-state index in [-0.39, 0.29) is 5.54 Å². The van der Waals surface area contributed by atoms with Gasteiger partial charge in [-0.25, -0.2) is 0 Å². The van der Waals surface area contributed by atoms with Gasteiger partial charge in [-0.05, 0) is 13.0 Å². The van der Waals surface area contributed by atoms with E-state index in [1.54, 1.807) is 0 Å². The summed E-state index contributed by atoms with van der Waals surface area (Å²) < 4.78 is 0.739. The minimum Gasteiger partial charge on any atom is -0.368 e. The molecule has 0 bridgehead atoms. The Labute approximate surface area is 80.9 Å². The maximum absolute atomic E-state index is 8.79. The molecule has 1 unspecified atom stereocenters. The van der Waals surface area contributed by atoms with Crippen molar-refractivity contribution in [2.75, 3.05) is 21.1 Å². The maximum Gasteiger partial charge on any atom is 0.151 e. The molecule has 0 heterocycles. The van der Waals surface area contributed by atoms with E-state index in [4.69, 9.17) is 10.2 Å². The minimum atomic E-state index is -1.22. The molecule has 0 aliphatic carbocycles. The Kier molecular flexibility index (Phi) is 4.10. The van der Waals surface area contributed by atoms with Crippen molar-refractivity contribution in [3.05, 3.63) is 12.7 Å². The second kappa shape index (κ2) is 4.22. The van der Waals surface area contributed by atoms with Crippen LogP contribution in [0.2, 0.25) is 0 Å². The molecule has 0 aromatic rings. The maximum atomic E-state index is 8.79. The highest BCUT2D eigenvalue weighted by molar-refractivity contribution is 4.93. The third-order valence-electron chi connectivity index (χ3n) is 2.88. The predicted octanol–water partition coefficient (Wildman–Crippen LogP) is 0.728. The largest absolute Gasteiger partial charge is 0.368 e. The molecular weight excluding hydrogens is 166 g/mol. The number of quaternary nitrogens is 1. The summed E-state index contributed by atoms with van der Waals surface area (Å²) in [5.41, 5.74) is -0.107. The number of aliphatic hydroxyl groups is 2. The molecular formula is C10H22NO2+. The average Bonchev–Trinajstić information content (AvgIpc) is 1.98. The fourth-order valence-electron chi connectivity index (χ4n) is 1.13. The minimum absolute atomic E-state index is 0.107. The van der Waals surface area contributed by atoms with Crippen LogP contribution in [0, 0.1) is 0 Å². The molecule has 78 valence electrons. The van der Waals surface area contributed by atoms with Gasteiger partial charge in [0.2, 0.25) is 0 Å². The normalized spacial score (nSPS) is 17.2. The van der Waals surface area contributed by atoms with Crippen LogP contribution in [0.4, 0.5) is 0 Å². The highest BCUT2D eigenvalue weighted by Gasteiger charge is 2.34. The fraction of sp³-hybridized carbons (Fsp3) is 0.800. The lowest BCUT2D eigenvalue weighted by molar-refractivity contribution is -0.914. The van der Waals surface area contributed by atoms with E-state index in [0.29, 0.717) is 6.42 Å². The number of hydrogen-bond acceptors (Lipinski definition) is 2. The molecule has 3 nitrogen and oxygen atoms in total. The molecule has 2 N–H and O–H groups in total. The quantitative estimate of drug-likeness (QED) is 0.379. The van der Waals surface area contributed by atoms with Crippen LogP contribution in [-0.4, -0.2) is 47.7 Å². The molecule has 0 rings (SSSR count). The average molecular weight is 188 g/mol. The number of rotatable bonds is 5. The van der Waals surface area contributed by atoms with Gasteiger partial charge in [-0.3, -0.25) is 0 Å². The molecule has 0 amide bonds. The Balaban J connectivity index is 4.38. The van der Waals surface area contributed by atoms with Gasteiger partial charge in [0.05, 0.1) is 21.1 Å². The van der Waals surface area contributed by atoms with Crippen molar-refractivity contribution < 1.29 is 14.7 Å². The molecule has 0 spiro atoms. The van der Waals surface area contributed by atoms with Crippen molar-refractivity contribution in [3.63, 3.8) is 0 Å². The first-order chi connectivity index (χ1) is 5.73. The molecule has 0 aromatic carbocycles. The van der Waals surface area contributed by atoms with Crippen molar-refractivity contribution in [1.82, 2.24) is 0 Å². The van der Waals surface area contributed by atoms with Gasteiger partial charge < -0.3 is 14.7 Å². The first-order valence-electron chi connectivity index (χ1n) is 4.54. The van der Waals surface area contributed by atoms with Crippen molar-refractivity contribution in [2.45, 2.75) is 31.6 Å². The van der Waals surface area contributed by atoms with Crippen LogP contribution in [-0.2, 0) is 0 Å². The lowest BCUT2D eigenvalue weighted by Crippen LogP contribution is -2.53. The van der Waals surface area contributed by atoms with Crippen molar-refractivity contribution in [1.29, 1.82) is 0 Å². The van der Waals surface area contributed by atoms with E-state index in [1.165, 1.54) is 0 Å². The summed E-state index contributed by atoms with van der Waals surface area (Å²) >= 11 is 0. The lowest BCUT2D eigenvalue weighted by atomic mass is 9.92. The molecule has 0 aliphatic rings. The Morgan fingerprint density at radius 3 is 2.08 bits per heavy atom. The zero-order chi connectivity index (χ0) is 10.7. The topological polar surface area (TPSA) is 40.5 Å². The zero-order valence-corrected chi connectivity index (χ0v) is 9.12. The van der Waals surface area contributed by atoms with Crippen LogP contribution in [0.15, 0.2) is 12.7 Å². The van der Waals surface area contributed by atoms with Gasteiger partial charge >= 0.3 is 0 Å². The summed E-state index contributed by atoms with van der Waals surface area (Å²) in [6.45, 7) is 5.87. The van der Waals surface area contributed by atoms with Crippen LogP contribution in [0.25, 0.3) is 0 Å². The van der Waals surface area contributed by atoms with Gasteiger partial charge in [0.15, 0.2) is 6.29 Å². The smallest absolute Gasteiger partial charge is 0.151 e. The Hall–Kier alpha value is -0.380. The van der Waals surface area contributed by atoms with Gasteiger partial charge in [-0.2, -0.15) is 0 Å². The molecule has 0 fully saturated rings. The Morgan fingerprint density at radius 1 is 1.38 bits per heavy atom. The van der Waals surface area contributed by atoms with E-state index in [0.717, 1.165) is 10.9 Å². The predicted molar refractivity (Wildman–Crippen MR) is 54.1 cm³/mol. The molecule has 13 heavy (non-hydrogen) atoms. The first-order valence-corrected chi connectivity index (χ1v) is 4.54. The van der Waals surface area contributed by atoms with E-state index < -0.39 is 6.29 Å². The van der Waals surface area contributed by atoms with E-state index in [9.17, 15) is 0 Å². The standard InChI is InChI=1S/C10H22NO2/c1-6-10(2,11(3,4)5)8-7-9(12)13/h6,9,12-13H,1,7-8H2,2-5H3/q+1. The lowest BCUT2D eigenvalue weighted by Gasteiger charge is -2.42. The summed E-state index contributed by atoms with van der Waals surface area (Å²) in [4.78, 5) is 0. The van der Waals surface area contributed by atoms with Gasteiger partial charge in [-0.15, -0.1) is 0 Å². The van der Waals surface area contributed by atoms with Crippen LogP contribution in [0.1, 0.15) is 19.8 Å². The van der Waals surface area contributed by atoms with E-state index >= 15 is 0 Å². The second-order valence-corrected chi connectivity index (χ2v) is 4.59. The first kappa shape index (κ1) is 12.6. The highest BCUT2D eigenvalue weighted by atomic mass is 16.5. The third-order valence-corrected chi connectivity index (χ3v) is 2.88. The fourth-order valence-corrected chi connectivity index (χ4v) is 1.13. The number of likely N-dealkylation sites (N-methyl/N-ethyl adjacent to an activating group) is 1. The van der Waals surface area contributed by atoms with Crippen LogP contribution in [0.3, 0.4) is 0 Å². The molecule has 1 atom stereocenters.